The van der Waals surface area contributed by atoms with E-state index in [2.05, 4.69) is 0 Å². The van der Waals surface area contributed by atoms with E-state index in [0.29, 0.717) is 19.2 Å². The molecule has 1 aromatic rings. The minimum atomic E-state index is -4.68. The average molecular weight is 356 g/mol. The summed E-state index contributed by atoms with van der Waals surface area (Å²) in [4.78, 5) is -0.360. The van der Waals surface area contributed by atoms with E-state index < -0.39 is 26.8 Å². The Balaban J connectivity index is 2.38. The highest BCUT2D eigenvalue weighted by Crippen LogP contribution is 2.36. The molecule has 0 aromatic heterocycles. The Bertz CT molecular complexity index is 646. The highest BCUT2D eigenvalue weighted by molar-refractivity contribution is 7.89. The highest BCUT2D eigenvalue weighted by Gasteiger charge is 2.36. The molecule has 1 fully saturated rings. The Hall–Kier alpha value is -0.790. The second kappa shape index (κ2) is 6.37. The van der Waals surface area contributed by atoms with Crippen molar-refractivity contribution in [2.45, 2.75) is 37.3 Å². The van der Waals surface area contributed by atoms with Gasteiger partial charge in [-0.3, -0.25) is 0 Å². The van der Waals surface area contributed by atoms with Crippen LogP contribution in [-0.4, -0.2) is 25.8 Å². The monoisotopic (exact) mass is 355 g/mol. The number of rotatable bonds is 3. The van der Waals surface area contributed by atoms with Gasteiger partial charge >= 0.3 is 6.18 Å². The van der Waals surface area contributed by atoms with Gasteiger partial charge in [0.1, 0.15) is 0 Å². The summed E-state index contributed by atoms with van der Waals surface area (Å²) < 4.78 is 65.0. The molecule has 0 radical (unpaired) electrons. The largest absolute Gasteiger partial charge is 0.417 e. The maximum atomic E-state index is 12.9. The second-order valence-corrected chi connectivity index (χ2v) is 7.76. The van der Waals surface area contributed by atoms with Gasteiger partial charge in [0.15, 0.2) is 0 Å². The highest BCUT2D eigenvalue weighted by atomic mass is 35.5. The molecule has 3 nitrogen and oxygen atoms in total. The van der Waals surface area contributed by atoms with E-state index in [1.54, 1.807) is 0 Å². The third-order valence-corrected chi connectivity index (χ3v) is 6.13. The Morgan fingerprint density at radius 3 is 2.64 bits per heavy atom. The first-order valence-corrected chi connectivity index (χ1v) is 8.85. The summed E-state index contributed by atoms with van der Waals surface area (Å²) >= 11 is 5.53. The lowest BCUT2D eigenvalue weighted by molar-refractivity contribution is -0.137. The van der Waals surface area contributed by atoms with Crippen molar-refractivity contribution in [2.24, 2.45) is 5.92 Å². The molecule has 1 heterocycles. The van der Waals surface area contributed by atoms with Crippen LogP contribution in [0.4, 0.5) is 13.2 Å². The first kappa shape index (κ1) is 17.6. The lowest BCUT2D eigenvalue weighted by atomic mass is 9.97. The normalized spacial score (nSPS) is 21.0. The fourth-order valence-electron chi connectivity index (χ4n) is 2.61. The van der Waals surface area contributed by atoms with Crippen LogP contribution in [0.1, 0.15) is 31.7 Å². The number of sulfonamides is 1. The van der Waals surface area contributed by atoms with Crippen LogP contribution >= 0.6 is 11.6 Å². The molecule has 0 spiro atoms. The van der Waals surface area contributed by atoms with Crippen LogP contribution in [0, 0.1) is 5.92 Å². The predicted octanol–water partition coefficient (Wildman–Crippen LogP) is 4.17. The summed E-state index contributed by atoms with van der Waals surface area (Å²) in [5.41, 5.74) is -1.13. The number of piperidine rings is 1. The first-order chi connectivity index (χ1) is 10.2. The van der Waals surface area contributed by atoms with Crippen molar-refractivity contribution in [1.82, 2.24) is 4.31 Å². The first-order valence-electron chi connectivity index (χ1n) is 7.03. The molecule has 1 saturated heterocycles. The Kier molecular flexibility index (Phi) is 5.09. The standard InChI is InChI=1S/C14H17ClF3NO2S/c1-2-10-4-3-7-19(9-10)22(20,21)11-5-6-13(15)12(8-11)14(16,17)18/h5-6,8,10H,2-4,7,9H2,1H3. The molecule has 1 aromatic carbocycles. The fourth-order valence-corrected chi connectivity index (χ4v) is 4.42. The molecule has 1 aliphatic heterocycles. The number of benzene rings is 1. The van der Waals surface area contributed by atoms with E-state index in [1.807, 2.05) is 6.92 Å². The number of halogens is 4. The molecule has 1 atom stereocenters. The van der Waals surface area contributed by atoms with Gasteiger partial charge in [-0.15, -0.1) is 0 Å². The summed E-state index contributed by atoms with van der Waals surface area (Å²) in [5, 5.41) is -0.503. The van der Waals surface area contributed by atoms with Gasteiger partial charge in [0.2, 0.25) is 10.0 Å². The molecule has 22 heavy (non-hydrogen) atoms. The molecule has 2 rings (SSSR count). The number of alkyl halides is 3. The quantitative estimate of drug-likeness (QED) is 0.816. The molecule has 0 saturated carbocycles. The van der Waals surface area contributed by atoms with Crippen LogP contribution in [0.25, 0.3) is 0 Å². The Morgan fingerprint density at radius 1 is 1.36 bits per heavy atom. The zero-order valence-electron chi connectivity index (χ0n) is 12.0. The van der Waals surface area contributed by atoms with Gasteiger partial charge < -0.3 is 0 Å². The molecule has 0 aliphatic carbocycles. The zero-order valence-corrected chi connectivity index (χ0v) is 13.6. The SMILES string of the molecule is CCC1CCCN(S(=O)(=O)c2ccc(Cl)c(C(F)(F)F)c2)C1. The molecule has 124 valence electrons. The third-order valence-electron chi connectivity index (χ3n) is 3.94. The fraction of sp³-hybridized carbons (Fsp3) is 0.571. The van der Waals surface area contributed by atoms with Crippen LogP contribution in [0.3, 0.4) is 0 Å². The van der Waals surface area contributed by atoms with Crippen LogP contribution in [0.2, 0.25) is 5.02 Å². The summed E-state index contributed by atoms with van der Waals surface area (Å²) in [6.07, 6.45) is -2.18. The second-order valence-electron chi connectivity index (χ2n) is 5.42. The van der Waals surface area contributed by atoms with Crippen LogP contribution in [0.15, 0.2) is 23.1 Å². The molecular weight excluding hydrogens is 339 g/mol. The topological polar surface area (TPSA) is 37.4 Å². The van der Waals surface area contributed by atoms with E-state index in [-0.39, 0.29) is 10.8 Å². The van der Waals surface area contributed by atoms with Crippen molar-refractivity contribution in [3.8, 4) is 0 Å². The van der Waals surface area contributed by atoms with Gasteiger partial charge in [-0.25, -0.2) is 8.42 Å². The minimum Gasteiger partial charge on any atom is -0.207 e. The van der Waals surface area contributed by atoms with Gasteiger partial charge in [0.05, 0.1) is 15.5 Å². The smallest absolute Gasteiger partial charge is 0.207 e. The van der Waals surface area contributed by atoms with Crippen molar-refractivity contribution in [3.05, 3.63) is 28.8 Å². The zero-order chi connectivity index (χ0) is 16.5. The lowest BCUT2D eigenvalue weighted by Gasteiger charge is -2.31. The summed E-state index contributed by atoms with van der Waals surface area (Å²) in [7, 11) is -3.93. The molecule has 8 heteroatoms. The molecule has 0 N–H and O–H groups in total. The van der Waals surface area contributed by atoms with Crippen molar-refractivity contribution in [2.75, 3.05) is 13.1 Å². The van der Waals surface area contributed by atoms with Crippen LogP contribution in [0.5, 0.6) is 0 Å². The Labute approximate surface area is 133 Å². The molecular formula is C14H17ClF3NO2S. The summed E-state index contributed by atoms with van der Waals surface area (Å²) in [6.45, 7) is 2.66. The number of nitrogens with zero attached hydrogens (tertiary/aromatic N) is 1. The number of hydrogen-bond donors (Lipinski definition) is 0. The van der Waals surface area contributed by atoms with Gasteiger partial charge in [-0.05, 0) is 37.0 Å². The lowest BCUT2D eigenvalue weighted by Crippen LogP contribution is -2.39. The molecule has 1 unspecified atom stereocenters. The van der Waals surface area contributed by atoms with Gasteiger partial charge in [-0.2, -0.15) is 17.5 Å². The van der Waals surface area contributed by atoms with Crippen molar-refractivity contribution < 1.29 is 21.6 Å². The predicted molar refractivity (Wildman–Crippen MR) is 78.2 cm³/mol. The van der Waals surface area contributed by atoms with Gasteiger partial charge in [0.25, 0.3) is 0 Å². The third kappa shape index (κ3) is 3.58. The van der Waals surface area contributed by atoms with Crippen LogP contribution in [-0.2, 0) is 16.2 Å². The van der Waals surface area contributed by atoms with E-state index in [0.717, 1.165) is 31.4 Å². The minimum absolute atomic E-state index is 0.248. The van der Waals surface area contributed by atoms with Gasteiger partial charge in [0, 0.05) is 13.1 Å². The summed E-state index contributed by atoms with van der Waals surface area (Å²) in [6, 6.07) is 2.73. The van der Waals surface area contributed by atoms with E-state index in [1.165, 1.54) is 4.31 Å². The van der Waals surface area contributed by atoms with Crippen molar-refractivity contribution in [1.29, 1.82) is 0 Å². The molecule has 1 aliphatic rings. The maximum absolute atomic E-state index is 12.9. The van der Waals surface area contributed by atoms with Crippen molar-refractivity contribution >= 4 is 21.6 Å². The average Bonchev–Trinajstić information content (AvgIpc) is 2.46. The maximum Gasteiger partial charge on any atom is 0.417 e. The molecule has 0 bridgehead atoms. The Morgan fingerprint density at radius 2 is 2.05 bits per heavy atom. The van der Waals surface area contributed by atoms with Crippen molar-refractivity contribution in [3.63, 3.8) is 0 Å². The summed E-state index contributed by atoms with van der Waals surface area (Å²) in [5.74, 6) is 0.248. The van der Waals surface area contributed by atoms with E-state index >= 15 is 0 Å². The van der Waals surface area contributed by atoms with E-state index in [9.17, 15) is 21.6 Å². The van der Waals surface area contributed by atoms with Gasteiger partial charge in [-0.1, -0.05) is 24.9 Å². The van der Waals surface area contributed by atoms with Crippen LogP contribution < -0.4 is 0 Å². The van der Waals surface area contributed by atoms with E-state index in [4.69, 9.17) is 11.6 Å². The number of hydrogen-bond acceptors (Lipinski definition) is 2. The molecule has 0 amide bonds.